The molecule has 0 amide bonds. The molecule has 0 heterocycles. The topological polar surface area (TPSA) is 72.2 Å². The van der Waals surface area contributed by atoms with Gasteiger partial charge in [0.05, 0.1) is 9.37 Å². The smallest absolute Gasteiger partial charge is 0.240 e. The van der Waals surface area contributed by atoms with Crippen molar-refractivity contribution in [3.8, 4) is 0 Å². The third-order valence-electron chi connectivity index (χ3n) is 2.71. The van der Waals surface area contributed by atoms with Crippen LogP contribution in [0.5, 0.6) is 0 Å². The molecule has 0 aliphatic carbocycles. The van der Waals surface area contributed by atoms with Crippen molar-refractivity contribution in [1.29, 1.82) is 0 Å². The Bertz CT molecular complexity index is 522. The molecule has 1 rings (SSSR count). The minimum Gasteiger partial charge on any atom is -0.329 e. The normalized spacial score (nSPS) is 13.5. The van der Waals surface area contributed by atoms with E-state index in [1.54, 1.807) is 0 Å². The first kappa shape index (κ1) is 16.6. The van der Waals surface area contributed by atoms with Crippen LogP contribution in [0.15, 0.2) is 27.6 Å². The summed E-state index contributed by atoms with van der Waals surface area (Å²) in [5, 5.41) is 0. The molecule has 108 valence electrons. The molecule has 0 aliphatic heterocycles. The Morgan fingerprint density at radius 3 is 2.68 bits per heavy atom. The van der Waals surface area contributed by atoms with Gasteiger partial charge in [-0.05, 0) is 40.5 Å². The largest absolute Gasteiger partial charge is 0.329 e. The molecule has 0 bridgehead atoms. The maximum atomic E-state index is 13.1. The molecule has 1 atom stereocenters. The van der Waals surface area contributed by atoms with Crippen molar-refractivity contribution in [3.05, 3.63) is 28.5 Å². The van der Waals surface area contributed by atoms with E-state index in [4.69, 9.17) is 5.73 Å². The van der Waals surface area contributed by atoms with Crippen LogP contribution in [0.4, 0.5) is 4.39 Å². The third-order valence-corrected chi connectivity index (χ3v) is 4.84. The summed E-state index contributed by atoms with van der Waals surface area (Å²) in [6, 6.07) is 3.29. The Morgan fingerprint density at radius 2 is 2.16 bits per heavy atom. The van der Waals surface area contributed by atoms with E-state index in [0.29, 0.717) is 6.42 Å². The van der Waals surface area contributed by atoms with Crippen LogP contribution in [0.2, 0.25) is 0 Å². The summed E-state index contributed by atoms with van der Waals surface area (Å²) >= 11 is 2.97. The van der Waals surface area contributed by atoms with Crippen LogP contribution < -0.4 is 10.5 Å². The lowest BCUT2D eigenvalue weighted by Gasteiger charge is -2.16. The highest BCUT2D eigenvalue weighted by molar-refractivity contribution is 9.10. The molecule has 3 N–H and O–H groups in total. The molecule has 19 heavy (non-hydrogen) atoms. The van der Waals surface area contributed by atoms with Gasteiger partial charge < -0.3 is 5.73 Å². The minimum absolute atomic E-state index is 0.0238. The number of halogens is 2. The fourth-order valence-corrected chi connectivity index (χ4v) is 3.45. The monoisotopic (exact) mass is 352 g/mol. The van der Waals surface area contributed by atoms with Crippen molar-refractivity contribution in [1.82, 2.24) is 4.72 Å². The predicted octanol–water partition coefficient (Wildman–Crippen LogP) is 2.38. The molecular formula is C12H18BrFN2O2S. The molecule has 4 nitrogen and oxygen atoms in total. The van der Waals surface area contributed by atoms with Crippen LogP contribution >= 0.6 is 15.9 Å². The van der Waals surface area contributed by atoms with Crippen LogP contribution in [0.1, 0.15) is 26.2 Å². The zero-order valence-corrected chi connectivity index (χ0v) is 13.1. The minimum atomic E-state index is -3.67. The number of unbranched alkanes of at least 4 members (excludes halogenated alkanes) is 1. The van der Waals surface area contributed by atoms with Crippen LogP contribution in [0, 0.1) is 5.82 Å². The predicted molar refractivity (Wildman–Crippen MR) is 76.8 cm³/mol. The number of sulfonamides is 1. The van der Waals surface area contributed by atoms with Crippen molar-refractivity contribution in [3.63, 3.8) is 0 Å². The van der Waals surface area contributed by atoms with Crippen LogP contribution in [0.3, 0.4) is 0 Å². The van der Waals surface area contributed by atoms with E-state index in [1.165, 1.54) is 12.1 Å². The van der Waals surface area contributed by atoms with Gasteiger partial charge in [-0.15, -0.1) is 0 Å². The molecule has 0 saturated heterocycles. The first-order chi connectivity index (χ1) is 8.90. The molecular weight excluding hydrogens is 335 g/mol. The number of rotatable bonds is 7. The standard InChI is InChI=1S/C12H18BrFN2O2S/c1-2-3-4-9(8-15)16-19(17,18)10-5-6-12(14)11(13)7-10/h5-7,9,16H,2-4,8,15H2,1H3. The number of benzene rings is 1. The SMILES string of the molecule is CCCCC(CN)NS(=O)(=O)c1ccc(F)c(Br)c1. The highest BCUT2D eigenvalue weighted by atomic mass is 79.9. The van der Waals surface area contributed by atoms with E-state index in [0.717, 1.165) is 18.9 Å². The molecule has 7 heteroatoms. The number of nitrogens with one attached hydrogen (secondary N) is 1. The summed E-state index contributed by atoms with van der Waals surface area (Å²) in [6.07, 6.45) is 2.56. The highest BCUT2D eigenvalue weighted by Crippen LogP contribution is 2.20. The van der Waals surface area contributed by atoms with E-state index in [2.05, 4.69) is 20.7 Å². The zero-order valence-electron chi connectivity index (χ0n) is 10.7. The lowest BCUT2D eigenvalue weighted by molar-refractivity contribution is 0.516. The summed E-state index contributed by atoms with van der Waals surface area (Å²) in [6.45, 7) is 2.26. The number of nitrogens with two attached hydrogens (primary N) is 1. The van der Waals surface area contributed by atoms with Gasteiger partial charge in [-0.25, -0.2) is 17.5 Å². The van der Waals surface area contributed by atoms with E-state index in [1.807, 2.05) is 6.92 Å². The Hall–Kier alpha value is -0.500. The first-order valence-electron chi connectivity index (χ1n) is 6.08. The maximum absolute atomic E-state index is 13.1. The van der Waals surface area contributed by atoms with Gasteiger partial charge in [0.15, 0.2) is 0 Å². The average molecular weight is 353 g/mol. The first-order valence-corrected chi connectivity index (χ1v) is 8.35. The molecule has 0 spiro atoms. The average Bonchev–Trinajstić information content (AvgIpc) is 2.37. The van der Waals surface area contributed by atoms with E-state index in [9.17, 15) is 12.8 Å². The fourth-order valence-electron chi connectivity index (χ4n) is 1.61. The second-order valence-electron chi connectivity index (χ2n) is 4.27. The van der Waals surface area contributed by atoms with Gasteiger partial charge >= 0.3 is 0 Å². The summed E-state index contributed by atoms with van der Waals surface area (Å²) in [5.41, 5.74) is 5.56. The Morgan fingerprint density at radius 1 is 1.47 bits per heavy atom. The molecule has 1 unspecified atom stereocenters. The van der Waals surface area contributed by atoms with Gasteiger partial charge in [0, 0.05) is 12.6 Å². The fraction of sp³-hybridized carbons (Fsp3) is 0.500. The van der Waals surface area contributed by atoms with Gasteiger partial charge in [0.1, 0.15) is 5.82 Å². The van der Waals surface area contributed by atoms with Crippen LogP contribution in [0.25, 0.3) is 0 Å². The Labute approximate surface area is 121 Å². The van der Waals surface area contributed by atoms with Gasteiger partial charge in [-0.2, -0.15) is 0 Å². The van der Waals surface area contributed by atoms with Crippen LogP contribution in [-0.4, -0.2) is 21.0 Å². The number of hydrogen-bond donors (Lipinski definition) is 2. The summed E-state index contributed by atoms with van der Waals surface area (Å²) in [5.74, 6) is -0.500. The van der Waals surface area contributed by atoms with Gasteiger partial charge in [0.2, 0.25) is 10.0 Å². The van der Waals surface area contributed by atoms with Crippen molar-refractivity contribution < 1.29 is 12.8 Å². The van der Waals surface area contributed by atoms with Gasteiger partial charge in [0.25, 0.3) is 0 Å². The van der Waals surface area contributed by atoms with E-state index >= 15 is 0 Å². The van der Waals surface area contributed by atoms with Crippen molar-refractivity contribution in [2.24, 2.45) is 5.73 Å². The lowest BCUT2D eigenvalue weighted by atomic mass is 10.1. The molecule has 0 aliphatic rings. The molecule has 1 aromatic carbocycles. The second kappa shape index (κ2) is 7.33. The molecule has 1 aromatic rings. The van der Waals surface area contributed by atoms with Crippen molar-refractivity contribution in [2.45, 2.75) is 37.1 Å². The third kappa shape index (κ3) is 4.83. The molecule has 0 saturated carbocycles. The highest BCUT2D eigenvalue weighted by Gasteiger charge is 2.19. The molecule has 0 radical (unpaired) electrons. The zero-order chi connectivity index (χ0) is 14.5. The van der Waals surface area contributed by atoms with Gasteiger partial charge in [-0.3, -0.25) is 0 Å². The molecule has 0 aromatic heterocycles. The molecule has 0 fully saturated rings. The Kier molecular flexibility index (Phi) is 6.38. The van der Waals surface area contributed by atoms with Crippen molar-refractivity contribution in [2.75, 3.05) is 6.54 Å². The lowest BCUT2D eigenvalue weighted by Crippen LogP contribution is -2.40. The quantitative estimate of drug-likeness (QED) is 0.791. The van der Waals surface area contributed by atoms with E-state index in [-0.39, 0.29) is 22.0 Å². The summed E-state index contributed by atoms with van der Waals surface area (Å²) in [7, 11) is -3.67. The summed E-state index contributed by atoms with van der Waals surface area (Å²) < 4.78 is 40.0. The van der Waals surface area contributed by atoms with Gasteiger partial charge in [-0.1, -0.05) is 19.8 Å². The Balaban J connectivity index is 2.87. The van der Waals surface area contributed by atoms with Crippen LogP contribution in [-0.2, 0) is 10.0 Å². The number of hydrogen-bond acceptors (Lipinski definition) is 3. The summed E-state index contributed by atoms with van der Waals surface area (Å²) in [4.78, 5) is 0.0238. The van der Waals surface area contributed by atoms with E-state index < -0.39 is 15.8 Å². The maximum Gasteiger partial charge on any atom is 0.240 e. The van der Waals surface area contributed by atoms with Crippen molar-refractivity contribution >= 4 is 26.0 Å². The second-order valence-corrected chi connectivity index (χ2v) is 6.84.